The molecular formula is C13H14N2OS2. The molecule has 0 radical (unpaired) electrons. The molecule has 1 unspecified atom stereocenters. The molecule has 94 valence electrons. The van der Waals surface area contributed by atoms with Crippen molar-refractivity contribution in [2.75, 3.05) is 6.54 Å². The van der Waals surface area contributed by atoms with Gasteiger partial charge in [-0.2, -0.15) is 0 Å². The number of aromatic nitrogens is 1. The molecule has 0 bridgehead atoms. The van der Waals surface area contributed by atoms with Crippen LogP contribution < -0.4 is 0 Å². The lowest BCUT2D eigenvalue weighted by molar-refractivity contribution is 0.0740. The van der Waals surface area contributed by atoms with Crippen LogP contribution in [0.1, 0.15) is 38.4 Å². The first-order chi connectivity index (χ1) is 8.75. The molecule has 0 aromatic carbocycles. The number of carbonyl (C=O) groups is 1. The molecule has 1 atom stereocenters. The summed E-state index contributed by atoms with van der Waals surface area (Å²) in [7, 11) is 0. The van der Waals surface area contributed by atoms with Crippen molar-refractivity contribution in [2.24, 2.45) is 0 Å². The summed E-state index contributed by atoms with van der Waals surface area (Å²) in [4.78, 5) is 20.8. The van der Waals surface area contributed by atoms with Gasteiger partial charge in [-0.1, -0.05) is 0 Å². The van der Waals surface area contributed by atoms with Gasteiger partial charge in [0.05, 0.1) is 10.9 Å². The highest BCUT2D eigenvalue weighted by Crippen LogP contribution is 2.34. The van der Waals surface area contributed by atoms with E-state index in [2.05, 4.69) is 4.98 Å². The summed E-state index contributed by atoms with van der Waals surface area (Å²) in [6, 6.07) is 4.12. The van der Waals surface area contributed by atoms with Gasteiger partial charge in [-0.3, -0.25) is 4.79 Å². The van der Waals surface area contributed by atoms with Crippen LogP contribution in [-0.2, 0) is 0 Å². The Morgan fingerprint density at radius 2 is 2.39 bits per heavy atom. The maximum absolute atomic E-state index is 12.5. The van der Waals surface area contributed by atoms with E-state index in [-0.39, 0.29) is 11.9 Å². The van der Waals surface area contributed by atoms with Gasteiger partial charge in [0, 0.05) is 23.0 Å². The SMILES string of the molecule is Cc1ccc(C(=O)N2CCCC2c2nccs2)s1. The van der Waals surface area contributed by atoms with Crippen molar-refractivity contribution < 1.29 is 4.79 Å². The van der Waals surface area contributed by atoms with Gasteiger partial charge in [-0.05, 0) is 31.9 Å². The largest absolute Gasteiger partial charge is 0.328 e. The molecular weight excluding hydrogens is 264 g/mol. The van der Waals surface area contributed by atoms with Crippen LogP contribution in [0.4, 0.5) is 0 Å². The lowest BCUT2D eigenvalue weighted by Crippen LogP contribution is -2.29. The molecule has 1 aliphatic heterocycles. The van der Waals surface area contributed by atoms with E-state index in [0.29, 0.717) is 0 Å². The second-order valence-corrected chi connectivity index (χ2v) is 6.65. The van der Waals surface area contributed by atoms with Crippen LogP contribution in [0.2, 0.25) is 0 Å². The molecule has 1 fully saturated rings. The van der Waals surface area contributed by atoms with E-state index >= 15 is 0 Å². The summed E-state index contributed by atoms with van der Waals surface area (Å²) in [5.41, 5.74) is 0. The number of likely N-dealkylation sites (tertiary alicyclic amines) is 1. The van der Waals surface area contributed by atoms with Gasteiger partial charge in [0.2, 0.25) is 0 Å². The fourth-order valence-corrected chi connectivity index (χ4v) is 3.97. The van der Waals surface area contributed by atoms with Crippen molar-refractivity contribution in [1.82, 2.24) is 9.88 Å². The Labute approximate surface area is 114 Å². The van der Waals surface area contributed by atoms with E-state index in [1.807, 2.05) is 35.5 Å². The molecule has 1 amide bonds. The molecule has 1 saturated heterocycles. The molecule has 1 aliphatic rings. The lowest BCUT2D eigenvalue weighted by atomic mass is 10.2. The summed E-state index contributed by atoms with van der Waals surface area (Å²) in [5.74, 6) is 0.158. The highest BCUT2D eigenvalue weighted by atomic mass is 32.1. The van der Waals surface area contributed by atoms with Gasteiger partial charge < -0.3 is 4.90 Å². The normalized spacial score (nSPS) is 19.4. The van der Waals surface area contributed by atoms with Crippen molar-refractivity contribution in [3.8, 4) is 0 Å². The molecule has 3 nitrogen and oxygen atoms in total. The van der Waals surface area contributed by atoms with E-state index in [4.69, 9.17) is 0 Å². The lowest BCUT2D eigenvalue weighted by Gasteiger charge is -2.22. The molecule has 0 aliphatic carbocycles. The quantitative estimate of drug-likeness (QED) is 0.842. The van der Waals surface area contributed by atoms with E-state index in [9.17, 15) is 4.79 Å². The first-order valence-electron chi connectivity index (χ1n) is 6.02. The second-order valence-electron chi connectivity index (χ2n) is 4.44. The molecule has 0 saturated carbocycles. The topological polar surface area (TPSA) is 33.2 Å². The fraction of sp³-hybridized carbons (Fsp3) is 0.385. The third-order valence-electron chi connectivity index (χ3n) is 3.20. The van der Waals surface area contributed by atoms with Crippen LogP contribution in [0.5, 0.6) is 0 Å². The van der Waals surface area contributed by atoms with Gasteiger partial charge in [0.1, 0.15) is 5.01 Å². The zero-order valence-corrected chi connectivity index (χ0v) is 11.8. The Morgan fingerprint density at radius 1 is 1.50 bits per heavy atom. The van der Waals surface area contributed by atoms with E-state index in [0.717, 1.165) is 29.3 Å². The Hall–Kier alpha value is -1.20. The summed E-state index contributed by atoms with van der Waals surface area (Å²) in [5, 5.41) is 3.04. The van der Waals surface area contributed by atoms with Crippen LogP contribution in [0.3, 0.4) is 0 Å². The molecule has 2 aromatic rings. The minimum Gasteiger partial charge on any atom is -0.328 e. The Balaban J connectivity index is 1.85. The van der Waals surface area contributed by atoms with Crippen molar-refractivity contribution in [2.45, 2.75) is 25.8 Å². The third-order valence-corrected chi connectivity index (χ3v) is 5.07. The number of rotatable bonds is 2. The molecule has 0 N–H and O–H groups in total. The Morgan fingerprint density at radius 3 is 3.06 bits per heavy atom. The van der Waals surface area contributed by atoms with Crippen LogP contribution in [0.25, 0.3) is 0 Å². The van der Waals surface area contributed by atoms with Gasteiger partial charge in [0.25, 0.3) is 5.91 Å². The zero-order chi connectivity index (χ0) is 12.5. The highest BCUT2D eigenvalue weighted by Gasteiger charge is 2.32. The first-order valence-corrected chi connectivity index (χ1v) is 7.72. The Kier molecular flexibility index (Phi) is 3.18. The van der Waals surface area contributed by atoms with E-state index in [1.54, 1.807) is 22.7 Å². The van der Waals surface area contributed by atoms with Crippen molar-refractivity contribution in [1.29, 1.82) is 0 Å². The number of amides is 1. The minimum absolute atomic E-state index is 0.158. The molecule has 18 heavy (non-hydrogen) atoms. The maximum atomic E-state index is 12.5. The average Bonchev–Trinajstić information content (AvgIpc) is 3.08. The van der Waals surface area contributed by atoms with Crippen LogP contribution in [0, 0.1) is 6.92 Å². The number of nitrogens with zero attached hydrogens (tertiary/aromatic N) is 2. The molecule has 3 heterocycles. The van der Waals surface area contributed by atoms with Crippen LogP contribution in [0.15, 0.2) is 23.7 Å². The van der Waals surface area contributed by atoms with Crippen LogP contribution in [-0.4, -0.2) is 22.3 Å². The number of thiazole rings is 1. The maximum Gasteiger partial charge on any atom is 0.264 e. The molecule has 5 heteroatoms. The highest BCUT2D eigenvalue weighted by molar-refractivity contribution is 7.14. The first kappa shape index (κ1) is 11.9. The van der Waals surface area contributed by atoms with Crippen molar-refractivity contribution in [3.63, 3.8) is 0 Å². The van der Waals surface area contributed by atoms with Gasteiger partial charge in [-0.15, -0.1) is 22.7 Å². The molecule has 2 aromatic heterocycles. The van der Waals surface area contributed by atoms with E-state index in [1.165, 1.54) is 4.88 Å². The summed E-state index contributed by atoms with van der Waals surface area (Å²) in [6.07, 6.45) is 3.92. The minimum atomic E-state index is 0.158. The number of hydrogen-bond acceptors (Lipinski definition) is 4. The predicted molar refractivity (Wildman–Crippen MR) is 74.2 cm³/mol. The molecule has 3 rings (SSSR count). The number of carbonyl (C=O) groups excluding carboxylic acids is 1. The van der Waals surface area contributed by atoms with Gasteiger partial charge in [-0.25, -0.2) is 4.98 Å². The molecule has 0 spiro atoms. The number of hydrogen-bond donors (Lipinski definition) is 0. The average molecular weight is 278 g/mol. The van der Waals surface area contributed by atoms with Gasteiger partial charge >= 0.3 is 0 Å². The van der Waals surface area contributed by atoms with Crippen LogP contribution >= 0.6 is 22.7 Å². The predicted octanol–water partition coefficient (Wildman–Crippen LogP) is 3.49. The van der Waals surface area contributed by atoms with Crippen molar-refractivity contribution in [3.05, 3.63) is 38.5 Å². The zero-order valence-electron chi connectivity index (χ0n) is 10.1. The van der Waals surface area contributed by atoms with Gasteiger partial charge in [0.15, 0.2) is 0 Å². The third kappa shape index (κ3) is 2.08. The summed E-state index contributed by atoms with van der Waals surface area (Å²) >= 11 is 3.21. The summed E-state index contributed by atoms with van der Waals surface area (Å²) in [6.45, 7) is 2.88. The number of thiophene rings is 1. The standard InChI is InChI=1S/C13H14N2OS2/c1-9-4-5-11(18-9)13(16)15-7-2-3-10(15)12-14-6-8-17-12/h4-6,8,10H,2-3,7H2,1H3. The fourth-order valence-electron chi connectivity index (χ4n) is 2.36. The van der Waals surface area contributed by atoms with E-state index < -0.39 is 0 Å². The van der Waals surface area contributed by atoms with Crippen molar-refractivity contribution >= 4 is 28.6 Å². The summed E-state index contributed by atoms with van der Waals surface area (Å²) < 4.78 is 0. The monoisotopic (exact) mass is 278 g/mol. The number of aryl methyl sites for hydroxylation is 1. The second kappa shape index (κ2) is 4.82. The Bertz CT molecular complexity index is 547. The smallest absolute Gasteiger partial charge is 0.264 e.